The molecule has 3 rings (SSSR count). The minimum Gasteiger partial charge on any atom is -0.371 e. The van der Waals surface area contributed by atoms with Crippen LogP contribution < -0.4 is 5.73 Å². The van der Waals surface area contributed by atoms with Crippen molar-refractivity contribution in [3.05, 3.63) is 15.6 Å². The molecule has 2 aliphatic carbocycles. The van der Waals surface area contributed by atoms with Crippen molar-refractivity contribution in [1.29, 1.82) is 0 Å². The molecule has 0 radical (unpaired) electrons. The fraction of sp³-hybridized carbons (Fsp3) is 0.812. The highest BCUT2D eigenvalue weighted by Gasteiger charge is 2.30. The van der Waals surface area contributed by atoms with Gasteiger partial charge in [-0.05, 0) is 44.9 Å². The van der Waals surface area contributed by atoms with E-state index in [1.54, 1.807) is 0 Å². The van der Waals surface area contributed by atoms with Gasteiger partial charge in [0.05, 0.1) is 5.69 Å². The summed E-state index contributed by atoms with van der Waals surface area (Å²) in [5, 5.41) is 1.20. The molecule has 2 unspecified atom stereocenters. The zero-order chi connectivity index (χ0) is 13.9. The standard InChI is InChI=1S/C16H26N2OS/c1-2-19-14(11-7-4-3-5-8-11)16-18-13-10-6-9-12(17)15(13)20-16/h11-12,14H,2-10,17H2,1H3. The first-order chi connectivity index (χ1) is 9.79. The van der Waals surface area contributed by atoms with Crippen LogP contribution in [0, 0.1) is 5.92 Å². The number of hydrogen-bond donors (Lipinski definition) is 1. The SMILES string of the molecule is CCOC(c1nc2c(s1)C(N)CCC2)C1CCCCC1. The predicted molar refractivity (Wildman–Crippen MR) is 82.9 cm³/mol. The molecule has 0 bridgehead atoms. The summed E-state index contributed by atoms with van der Waals surface area (Å²) in [5.74, 6) is 0.660. The molecule has 3 nitrogen and oxygen atoms in total. The zero-order valence-corrected chi connectivity index (χ0v) is 13.3. The second-order valence-corrected chi connectivity index (χ2v) is 7.20. The van der Waals surface area contributed by atoms with Crippen molar-refractivity contribution < 1.29 is 4.74 Å². The minimum absolute atomic E-state index is 0.207. The van der Waals surface area contributed by atoms with E-state index in [2.05, 4.69) is 6.92 Å². The van der Waals surface area contributed by atoms with E-state index < -0.39 is 0 Å². The van der Waals surface area contributed by atoms with Gasteiger partial charge in [-0.25, -0.2) is 4.98 Å². The maximum atomic E-state index is 6.24. The van der Waals surface area contributed by atoms with Gasteiger partial charge in [0.1, 0.15) is 11.1 Å². The van der Waals surface area contributed by atoms with Gasteiger partial charge in [-0.15, -0.1) is 11.3 Å². The lowest BCUT2D eigenvalue weighted by atomic mass is 9.85. The van der Waals surface area contributed by atoms with E-state index in [0.717, 1.165) is 19.4 Å². The van der Waals surface area contributed by atoms with Crippen molar-refractivity contribution in [2.24, 2.45) is 11.7 Å². The Balaban J connectivity index is 1.83. The Kier molecular flexibility index (Phi) is 4.74. The average Bonchev–Trinajstić information content (AvgIpc) is 2.91. The molecule has 1 aromatic heterocycles. The number of ether oxygens (including phenoxy) is 1. The van der Waals surface area contributed by atoms with Crippen LogP contribution >= 0.6 is 11.3 Å². The second-order valence-electron chi connectivity index (χ2n) is 6.14. The van der Waals surface area contributed by atoms with Gasteiger partial charge in [-0.1, -0.05) is 19.3 Å². The summed E-state index contributed by atoms with van der Waals surface area (Å²) in [6.45, 7) is 2.87. The number of nitrogens with two attached hydrogens (primary N) is 1. The normalized spacial score (nSPS) is 25.4. The van der Waals surface area contributed by atoms with E-state index in [4.69, 9.17) is 15.5 Å². The summed E-state index contributed by atoms with van der Waals surface area (Å²) >= 11 is 1.82. The van der Waals surface area contributed by atoms with Gasteiger partial charge in [-0.3, -0.25) is 0 Å². The van der Waals surface area contributed by atoms with Gasteiger partial charge in [0, 0.05) is 17.5 Å². The Morgan fingerprint density at radius 1 is 1.25 bits per heavy atom. The fourth-order valence-corrected chi connectivity index (χ4v) is 4.91. The quantitative estimate of drug-likeness (QED) is 0.908. The lowest BCUT2D eigenvalue weighted by Gasteiger charge is -2.28. The number of thiazole rings is 1. The van der Waals surface area contributed by atoms with Gasteiger partial charge in [0.25, 0.3) is 0 Å². The first-order valence-electron chi connectivity index (χ1n) is 8.16. The number of aromatic nitrogens is 1. The van der Waals surface area contributed by atoms with Crippen LogP contribution in [0.25, 0.3) is 0 Å². The van der Waals surface area contributed by atoms with E-state index in [1.165, 1.54) is 54.1 Å². The number of rotatable bonds is 4. The number of nitrogens with zero attached hydrogens (tertiary/aromatic N) is 1. The summed E-state index contributed by atoms with van der Waals surface area (Å²) in [4.78, 5) is 6.23. The molecule has 1 fully saturated rings. The van der Waals surface area contributed by atoms with Gasteiger partial charge < -0.3 is 10.5 Å². The van der Waals surface area contributed by atoms with Crippen molar-refractivity contribution in [2.45, 2.75) is 70.4 Å². The fourth-order valence-electron chi connectivity index (χ4n) is 3.62. The third kappa shape index (κ3) is 2.92. The average molecular weight is 294 g/mol. The van der Waals surface area contributed by atoms with E-state index in [9.17, 15) is 0 Å². The van der Waals surface area contributed by atoms with E-state index in [0.29, 0.717) is 5.92 Å². The smallest absolute Gasteiger partial charge is 0.122 e. The third-order valence-electron chi connectivity index (χ3n) is 4.68. The first kappa shape index (κ1) is 14.5. The second kappa shape index (κ2) is 6.54. The molecular formula is C16H26N2OS. The third-order valence-corrected chi connectivity index (χ3v) is 5.97. The number of hydrogen-bond acceptors (Lipinski definition) is 4. The van der Waals surface area contributed by atoms with Crippen molar-refractivity contribution in [1.82, 2.24) is 4.98 Å². The molecule has 2 aliphatic rings. The highest BCUT2D eigenvalue weighted by molar-refractivity contribution is 7.11. The van der Waals surface area contributed by atoms with Crippen molar-refractivity contribution in [3.63, 3.8) is 0 Å². The van der Waals surface area contributed by atoms with E-state index in [-0.39, 0.29) is 12.1 Å². The molecule has 112 valence electrons. The summed E-state index contributed by atoms with van der Waals surface area (Å²) in [5.41, 5.74) is 7.50. The minimum atomic E-state index is 0.207. The van der Waals surface area contributed by atoms with Crippen LogP contribution in [0.4, 0.5) is 0 Å². The summed E-state index contributed by atoms with van der Waals surface area (Å²) < 4.78 is 6.09. The lowest BCUT2D eigenvalue weighted by Crippen LogP contribution is -2.19. The Bertz CT molecular complexity index is 440. The number of fused-ring (bicyclic) bond motifs is 1. The Morgan fingerprint density at radius 2 is 2.05 bits per heavy atom. The summed E-state index contributed by atoms with van der Waals surface area (Å²) in [6, 6.07) is 0.207. The van der Waals surface area contributed by atoms with Gasteiger partial charge >= 0.3 is 0 Å². The molecule has 0 spiro atoms. The molecule has 4 heteroatoms. The van der Waals surface area contributed by atoms with Crippen LogP contribution in [0.2, 0.25) is 0 Å². The van der Waals surface area contributed by atoms with Crippen molar-refractivity contribution >= 4 is 11.3 Å². The van der Waals surface area contributed by atoms with Crippen molar-refractivity contribution in [2.75, 3.05) is 6.61 Å². The molecule has 1 saturated carbocycles. The molecule has 0 aromatic carbocycles. The van der Waals surface area contributed by atoms with Gasteiger partial charge in [0.2, 0.25) is 0 Å². The number of aryl methyl sites for hydroxylation is 1. The van der Waals surface area contributed by atoms with Crippen LogP contribution in [0.5, 0.6) is 0 Å². The Hall–Kier alpha value is -0.450. The maximum absolute atomic E-state index is 6.24. The monoisotopic (exact) mass is 294 g/mol. The van der Waals surface area contributed by atoms with Crippen LogP contribution in [0.15, 0.2) is 0 Å². The van der Waals surface area contributed by atoms with Gasteiger partial charge in [-0.2, -0.15) is 0 Å². The van der Waals surface area contributed by atoms with Crippen LogP contribution in [-0.4, -0.2) is 11.6 Å². The molecule has 0 amide bonds. The van der Waals surface area contributed by atoms with E-state index >= 15 is 0 Å². The lowest BCUT2D eigenvalue weighted by molar-refractivity contribution is 0.00542. The van der Waals surface area contributed by atoms with Crippen LogP contribution in [0.1, 0.15) is 79.6 Å². The highest BCUT2D eigenvalue weighted by Crippen LogP contribution is 2.41. The molecule has 2 N–H and O–H groups in total. The Morgan fingerprint density at radius 3 is 2.75 bits per heavy atom. The first-order valence-corrected chi connectivity index (χ1v) is 8.98. The molecule has 20 heavy (non-hydrogen) atoms. The topological polar surface area (TPSA) is 48.1 Å². The molecule has 0 aliphatic heterocycles. The molecular weight excluding hydrogens is 268 g/mol. The van der Waals surface area contributed by atoms with Crippen LogP contribution in [-0.2, 0) is 11.2 Å². The summed E-state index contributed by atoms with van der Waals surface area (Å²) in [7, 11) is 0. The Labute approximate surface area is 125 Å². The zero-order valence-electron chi connectivity index (χ0n) is 12.4. The van der Waals surface area contributed by atoms with E-state index in [1.807, 2.05) is 11.3 Å². The predicted octanol–water partition coefficient (Wildman–Crippen LogP) is 4.14. The molecule has 2 atom stereocenters. The highest BCUT2D eigenvalue weighted by atomic mass is 32.1. The largest absolute Gasteiger partial charge is 0.371 e. The van der Waals surface area contributed by atoms with Gasteiger partial charge in [0.15, 0.2) is 0 Å². The maximum Gasteiger partial charge on any atom is 0.122 e. The molecule has 0 saturated heterocycles. The van der Waals surface area contributed by atoms with Crippen molar-refractivity contribution in [3.8, 4) is 0 Å². The summed E-state index contributed by atoms with van der Waals surface area (Å²) in [6.07, 6.45) is 10.3. The van der Waals surface area contributed by atoms with Crippen LogP contribution in [0.3, 0.4) is 0 Å². The molecule has 1 aromatic rings. The molecule has 1 heterocycles.